The maximum Gasteiger partial charge on any atom is 0.0173 e. The summed E-state index contributed by atoms with van der Waals surface area (Å²) in [6, 6.07) is 0. The van der Waals surface area contributed by atoms with Gasteiger partial charge in [-0.25, -0.2) is 0 Å². The summed E-state index contributed by atoms with van der Waals surface area (Å²) in [5, 5.41) is 3.41. The molecule has 60 valence electrons. The highest BCUT2D eigenvalue weighted by Crippen LogP contribution is 2.26. The highest BCUT2D eigenvalue weighted by molar-refractivity contribution is 5.27. The Morgan fingerprint density at radius 3 is 3.36 bits per heavy atom. The first-order chi connectivity index (χ1) is 5.38. The van der Waals surface area contributed by atoms with Gasteiger partial charge in [0.2, 0.25) is 0 Å². The third-order valence-corrected chi connectivity index (χ3v) is 2.73. The Kier molecular flexibility index (Phi) is 1.82. The maximum atomic E-state index is 3.41. The first-order valence-corrected chi connectivity index (χ1v) is 4.44. The van der Waals surface area contributed by atoms with E-state index in [0.29, 0.717) is 0 Å². The van der Waals surface area contributed by atoms with Crippen LogP contribution in [0, 0.1) is 5.92 Å². The van der Waals surface area contributed by atoms with Crippen molar-refractivity contribution in [2.75, 3.05) is 13.1 Å². The molecule has 1 atom stereocenters. The van der Waals surface area contributed by atoms with Crippen molar-refractivity contribution >= 4 is 0 Å². The van der Waals surface area contributed by atoms with E-state index in [1.165, 1.54) is 12.8 Å². The van der Waals surface area contributed by atoms with Gasteiger partial charge in [-0.05, 0) is 25.3 Å². The second-order valence-electron chi connectivity index (χ2n) is 3.51. The number of hydrogen-bond acceptors (Lipinski definition) is 1. The van der Waals surface area contributed by atoms with Crippen molar-refractivity contribution in [1.29, 1.82) is 0 Å². The highest BCUT2D eigenvalue weighted by atomic mass is 14.9. The molecule has 11 heavy (non-hydrogen) atoms. The summed E-state index contributed by atoms with van der Waals surface area (Å²) in [7, 11) is 0. The molecule has 1 saturated heterocycles. The van der Waals surface area contributed by atoms with E-state index in [-0.39, 0.29) is 0 Å². The van der Waals surface area contributed by atoms with Crippen LogP contribution in [-0.2, 0) is 0 Å². The molecule has 1 N–H and O–H groups in total. The Morgan fingerprint density at radius 2 is 2.45 bits per heavy atom. The monoisotopic (exact) mass is 149 g/mol. The number of fused-ring (bicyclic) bond motifs is 1. The van der Waals surface area contributed by atoms with Gasteiger partial charge in [-0.3, -0.25) is 0 Å². The molecule has 1 heteroatoms. The predicted molar refractivity (Wildman–Crippen MR) is 47.4 cm³/mol. The fourth-order valence-corrected chi connectivity index (χ4v) is 1.99. The average molecular weight is 149 g/mol. The van der Waals surface area contributed by atoms with E-state index in [0.717, 1.165) is 19.0 Å². The second-order valence-corrected chi connectivity index (χ2v) is 3.51. The van der Waals surface area contributed by atoms with Crippen LogP contribution in [0.3, 0.4) is 0 Å². The van der Waals surface area contributed by atoms with Crippen LogP contribution in [0.5, 0.6) is 0 Å². The van der Waals surface area contributed by atoms with Gasteiger partial charge >= 0.3 is 0 Å². The fraction of sp³-hybridized carbons (Fsp3) is 0.600. The molecular formula is C10H15N. The van der Waals surface area contributed by atoms with Crippen molar-refractivity contribution in [3.05, 3.63) is 23.3 Å². The lowest BCUT2D eigenvalue weighted by Gasteiger charge is -2.06. The average Bonchev–Trinajstić information content (AvgIpc) is 2.40. The molecular weight excluding hydrogens is 134 g/mol. The second kappa shape index (κ2) is 2.82. The summed E-state index contributed by atoms with van der Waals surface area (Å²) < 4.78 is 0. The zero-order chi connectivity index (χ0) is 7.68. The van der Waals surface area contributed by atoms with E-state index < -0.39 is 0 Å². The summed E-state index contributed by atoms with van der Waals surface area (Å²) >= 11 is 0. The molecule has 0 radical (unpaired) electrons. The zero-order valence-corrected chi connectivity index (χ0v) is 7.06. The Bertz CT molecular complexity index is 213. The lowest BCUT2D eigenvalue weighted by atomic mass is 9.98. The number of nitrogens with one attached hydrogen (secondary N) is 1. The van der Waals surface area contributed by atoms with E-state index in [4.69, 9.17) is 0 Å². The summed E-state index contributed by atoms with van der Waals surface area (Å²) in [5.41, 5.74) is 3.27. The maximum absolute atomic E-state index is 3.41. The molecule has 0 aromatic rings. The van der Waals surface area contributed by atoms with Crippen molar-refractivity contribution < 1.29 is 0 Å². The molecule has 0 aromatic carbocycles. The quantitative estimate of drug-likeness (QED) is 0.518. The molecule has 1 nitrogen and oxygen atoms in total. The van der Waals surface area contributed by atoms with E-state index >= 15 is 0 Å². The molecule has 2 rings (SSSR count). The van der Waals surface area contributed by atoms with Gasteiger partial charge in [0.15, 0.2) is 0 Å². The van der Waals surface area contributed by atoms with Crippen molar-refractivity contribution in [3.8, 4) is 0 Å². The molecule has 0 saturated carbocycles. The number of allylic oxidation sites excluding steroid dienone is 2. The Morgan fingerprint density at radius 1 is 1.55 bits per heavy atom. The molecule has 2 aliphatic rings. The van der Waals surface area contributed by atoms with Crippen LogP contribution >= 0.6 is 0 Å². The minimum Gasteiger partial charge on any atom is -0.312 e. The van der Waals surface area contributed by atoms with Crippen LogP contribution in [0.2, 0.25) is 0 Å². The Labute approximate surface area is 68.2 Å². The number of rotatable bonds is 0. The summed E-state index contributed by atoms with van der Waals surface area (Å²) in [6.07, 6.45) is 7.20. The highest BCUT2D eigenvalue weighted by Gasteiger charge is 2.20. The molecule has 1 aliphatic carbocycles. The van der Waals surface area contributed by atoms with E-state index in [1.807, 2.05) is 0 Å². The summed E-state index contributed by atoms with van der Waals surface area (Å²) in [6.45, 7) is 4.56. The molecule has 0 spiro atoms. The lowest BCUT2D eigenvalue weighted by molar-refractivity contribution is 0.778. The minimum atomic E-state index is 0.720. The van der Waals surface area contributed by atoms with E-state index in [1.54, 1.807) is 11.1 Å². The van der Waals surface area contributed by atoms with Crippen molar-refractivity contribution in [1.82, 2.24) is 5.32 Å². The summed E-state index contributed by atoms with van der Waals surface area (Å²) in [5.74, 6) is 0.720. The van der Waals surface area contributed by atoms with Gasteiger partial charge < -0.3 is 5.32 Å². The van der Waals surface area contributed by atoms with Crippen molar-refractivity contribution in [2.45, 2.75) is 19.8 Å². The topological polar surface area (TPSA) is 12.0 Å². The number of hydrogen-bond donors (Lipinski definition) is 1. The molecule has 1 heterocycles. The molecule has 0 amide bonds. The van der Waals surface area contributed by atoms with E-state index in [2.05, 4.69) is 24.4 Å². The molecule has 0 aromatic heterocycles. The van der Waals surface area contributed by atoms with Gasteiger partial charge in [-0.1, -0.05) is 17.7 Å². The van der Waals surface area contributed by atoms with Crippen LogP contribution in [-0.4, -0.2) is 13.1 Å². The Hall–Kier alpha value is -0.560. The Balaban J connectivity index is 2.30. The van der Waals surface area contributed by atoms with E-state index in [9.17, 15) is 0 Å². The van der Waals surface area contributed by atoms with Gasteiger partial charge in [0.05, 0.1) is 0 Å². The standard InChI is InChI=1S/C10H15N/c1-8-4-2-3-5-9-6-11-7-10(8)9/h3,5,9,11H,2,4,6-7H2,1H3. The molecule has 1 fully saturated rings. The molecule has 1 unspecified atom stereocenters. The fourth-order valence-electron chi connectivity index (χ4n) is 1.99. The van der Waals surface area contributed by atoms with Gasteiger partial charge in [0.25, 0.3) is 0 Å². The van der Waals surface area contributed by atoms with Crippen molar-refractivity contribution in [3.63, 3.8) is 0 Å². The van der Waals surface area contributed by atoms with Crippen LogP contribution < -0.4 is 5.32 Å². The van der Waals surface area contributed by atoms with Crippen LogP contribution in [0.15, 0.2) is 23.3 Å². The zero-order valence-electron chi connectivity index (χ0n) is 7.06. The van der Waals surface area contributed by atoms with Crippen LogP contribution in [0.4, 0.5) is 0 Å². The lowest BCUT2D eigenvalue weighted by Crippen LogP contribution is -2.07. The van der Waals surface area contributed by atoms with Gasteiger partial charge in [-0.2, -0.15) is 0 Å². The van der Waals surface area contributed by atoms with Gasteiger partial charge in [0.1, 0.15) is 0 Å². The molecule has 0 bridgehead atoms. The smallest absolute Gasteiger partial charge is 0.0173 e. The molecule has 1 aliphatic heterocycles. The van der Waals surface area contributed by atoms with Crippen LogP contribution in [0.25, 0.3) is 0 Å². The normalized spacial score (nSPS) is 30.5. The van der Waals surface area contributed by atoms with Crippen molar-refractivity contribution in [2.24, 2.45) is 5.92 Å². The largest absolute Gasteiger partial charge is 0.312 e. The first-order valence-electron chi connectivity index (χ1n) is 4.44. The third-order valence-electron chi connectivity index (χ3n) is 2.73. The SMILES string of the molecule is CC1=C2CNCC2C=CCC1. The van der Waals surface area contributed by atoms with Gasteiger partial charge in [-0.15, -0.1) is 0 Å². The third kappa shape index (κ3) is 1.25. The first kappa shape index (κ1) is 7.11. The minimum absolute atomic E-state index is 0.720. The van der Waals surface area contributed by atoms with Crippen LogP contribution in [0.1, 0.15) is 19.8 Å². The predicted octanol–water partition coefficient (Wildman–Crippen LogP) is 1.87. The van der Waals surface area contributed by atoms with Gasteiger partial charge in [0, 0.05) is 19.0 Å². The summed E-state index contributed by atoms with van der Waals surface area (Å²) in [4.78, 5) is 0.